The molecule has 1 fully saturated rings. The Kier molecular flexibility index (Phi) is 3.74. The maximum absolute atomic E-state index is 5.21. The van der Waals surface area contributed by atoms with Gasteiger partial charge < -0.3 is 4.74 Å². The number of hydrazine groups is 1. The minimum Gasteiger partial charge on any atom is -0.495 e. The summed E-state index contributed by atoms with van der Waals surface area (Å²) < 4.78 is 5.21. The molecule has 0 unspecified atom stereocenters. The smallest absolute Gasteiger partial charge is 0.137 e. The van der Waals surface area contributed by atoms with E-state index >= 15 is 0 Å². The van der Waals surface area contributed by atoms with Crippen LogP contribution in [0.1, 0.15) is 24.3 Å². The predicted octanol–water partition coefficient (Wildman–Crippen LogP) is 1.40. The summed E-state index contributed by atoms with van der Waals surface area (Å²) >= 11 is 0. The zero-order valence-corrected chi connectivity index (χ0v) is 9.94. The summed E-state index contributed by atoms with van der Waals surface area (Å²) in [5.41, 5.74) is 4.49. The van der Waals surface area contributed by atoms with E-state index in [-0.39, 0.29) is 0 Å². The van der Waals surface area contributed by atoms with Gasteiger partial charge in [-0.25, -0.2) is 5.01 Å². The number of ether oxygens (including phenoxy) is 1. The van der Waals surface area contributed by atoms with Crippen molar-refractivity contribution >= 4 is 0 Å². The van der Waals surface area contributed by atoms with Crippen LogP contribution >= 0.6 is 0 Å². The standard InChI is InChI=1S/C12H19N3O/c1-13-15-5-3-4-10(9-15)11-6-12(16-2)8-14-7-11/h6-8,10,13H,3-5,9H2,1-2H3/t10-/m0/s1. The largest absolute Gasteiger partial charge is 0.495 e. The second kappa shape index (κ2) is 5.27. The Morgan fingerprint density at radius 1 is 1.50 bits per heavy atom. The Labute approximate surface area is 96.6 Å². The van der Waals surface area contributed by atoms with Crippen molar-refractivity contribution in [1.29, 1.82) is 0 Å². The zero-order valence-electron chi connectivity index (χ0n) is 9.94. The van der Waals surface area contributed by atoms with Crippen LogP contribution in [0, 0.1) is 0 Å². The van der Waals surface area contributed by atoms with E-state index in [1.54, 1.807) is 13.3 Å². The molecular weight excluding hydrogens is 202 g/mol. The molecule has 0 bridgehead atoms. The van der Waals surface area contributed by atoms with Gasteiger partial charge in [0.25, 0.3) is 0 Å². The molecule has 1 atom stereocenters. The van der Waals surface area contributed by atoms with Crippen LogP contribution in [0.2, 0.25) is 0 Å². The van der Waals surface area contributed by atoms with Gasteiger partial charge in [-0.05, 0) is 37.4 Å². The first-order valence-electron chi connectivity index (χ1n) is 5.74. The highest BCUT2D eigenvalue weighted by Gasteiger charge is 2.20. The Morgan fingerprint density at radius 3 is 3.12 bits per heavy atom. The summed E-state index contributed by atoms with van der Waals surface area (Å²) in [6.45, 7) is 2.18. The molecule has 1 saturated heterocycles. The lowest BCUT2D eigenvalue weighted by atomic mass is 9.92. The van der Waals surface area contributed by atoms with Gasteiger partial charge in [-0.3, -0.25) is 10.4 Å². The number of hydrogen-bond acceptors (Lipinski definition) is 4. The summed E-state index contributed by atoms with van der Waals surface area (Å²) in [5, 5.41) is 2.26. The molecule has 1 N–H and O–H groups in total. The van der Waals surface area contributed by atoms with Crippen LogP contribution in [0.15, 0.2) is 18.5 Å². The molecule has 1 aliphatic rings. The molecule has 2 rings (SSSR count). The molecule has 0 spiro atoms. The third kappa shape index (κ3) is 2.51. The van der Waals surface area contributed by atoms with E-state index < -0.39 is 0 Å². The summed E-state index contributed by atoms with van der Waals surface area (Å²) in [4.78, 5) is 4.22. The number of piperidine rings is 1. The van der Waals surface area contributed by atoms with E-state index in [1.165, 1.54) is 18.4 Å². The fourth-order valence-electron chi connectivity index (χ4n) is 2.22. The van der Waals surface area contributed by atoms with Crippen LogP contribution in [0.3, 0.4) is 0 Å². The highest BCUT2D eigenvalue weighted by Crippen LogP contribution is 2.27. The highest BCUT2D eigenvalue weighted by molar-refractivity contribution is 5.26. The fourth-order valence-corrected chi connectivity index (χ4v) is 2.22. The summed E-state index contributed by atoms with van der Waals surface area (Å²) in [6.07, 6.45) is 6.16. The van der Waals surface area contributed by atoms with Crippen molar-refractivity contribution in [2.45, 2.75) is 18.8 Å². The van der Waals surface area contributed by atoms with Crippen LogP contribution < -0.4 is 10.2 Å². The molecule has 16 heavy (non-hydrogen) atoms. The number of pyridine rings is 1. The molecule has 1 aromatic rings. The normalized spacial score (nSPS) is 22.0. The van der Waals surface area contributed by atoms with Gasteiger partial charge in [0.05, 0.1) is 13.3 Å². The van der Waals surface area contributed by atoms with Gasteiger partial charge in [-0.2, -0.15) is 0 Å². The van der Waals surface area contributed by atoms with Crippen LogP contribution in [0.5, 0.6) is 5.75 Å². The molecule has 0 aromatic carbocycles. The molecular formula is C12H19N3O. The summed E-state index contributed by atoms with van der Waals surface area (Å²) in [7, 11) is 3.66. The Morgan fingerprint density at radius 2 is 2.38 bits per heavy atom. The molecule has 1 aliphatic heterocycles. The van der Waals surface area contributed by atoms with E-state index in [1.807, 2.05) is 13.2 Å². The number of hydrogen-bond donors (Lipinski definition) is 1. The van der Waals surface area contributed by atoms with Gasteiger partial charge in [0.2, 0.25) is 0 Å². The van der Waals surface area contributed by atoms with E-state index in [0.29, 0.717) is 5.92 Å². The van der Waals surface area contributed by atoms with Crippen LogP contribution in [0.25, 0.3) is 0 Å². The number of nitrogens with one attached hydrogen (secondary N) is 1. The maximum Gasteiger partial charge on any atom is 0.137 e. The van der Waals surface area contributed by atoms with Gasteiger partial charge in [0.1, 0.15) is 5.75 Å². The molecule has 1 aromatic heterocycles. The van der Waals surface area contributed by atoms with E-state index in [9.17, 15) is 0 Å². The average Bonchev–Trinajstić information content (AvgIpc) is 2.39. The number of nitrogens with zero attached hydrogens (tertiary/aromatic N) is 2. The van der Waals surface area contributed by atoms with Gasteiger partial charge in [0.15, 0.2) is 0 Å². The Hall–Kier alpha value is -1.13. The highest BCUT2D eigenvalue weighted by atomic mass is 16.5. The average molecular weight is 221 g/mol. The minimum absolute atomic E-state index is 0.559. The molecule has 4 heteroatoms. The topological polar surface area (TPSA) is 37.4 Å². The fraction of sp³-hybridized carbons (Fsp3) is 0.583. The van der Waals surface area contributed by atoms with Crippen LogP contribution in [-0.2, 0) is 0 Å². The quantitative estimate of drug-likeness (QED) is 0.837. The number of rotatable bonds is 3. The molecule has 88 valence electrons. The third-order valence-corrected chi connectivity index (χ3v) is 3.18. The van der Waals surface area contributed by atoms with Gasteiger partial charge >= 0.3 is 0 Å². The van der Waals surface area contributed by atoms with Crippen LogP contribution in [0.4, 0.5) is 0 Å². The second-order valence-electron chi connectivity index (χ2n) is 4.17. The summed E-state index contributed by atoms with van der Waals surface area (Å²) in [6, 6.07) is 2.09. The van der Waals surface area contributed by atoms with Gasteiger partial charge in [-0.1, -0.05) is 0 Å². The first-order valence-corrected chi connectivity index (χ1v) is 5.74. The first kappa shape index (κ1) is 11.4. The lowest BCUT2D eigenvalue weighted by Crippen LogP contribution is -2.42. The Bertz CT molecular complexity index is 343. The lowest BCUT2D eigenvalue weighted by molar-refractivity contribution is 0.154. The zero-order chi connectivity index (χ0) is 11.4. The predicted molar refractivity (Wildman–Crippen MR) is 63.4 cm³/mol. The van der Waals surface area contributed by atoms with Gasteiger partial charge in [0, 0.05) is 19.3 Å². The second-order valence-corrected chi connectivity index (χ2v) is 4.17. The molecule has 0 saturated carbocycles. The maximum atomic E-state index is 5.21. The van der Waals surface area contributed by atoms with Gasteiger partial charge in [-0.15, -0.1) is 0 Å². The SMILES string of the molecule is CNN1CCC[C@H](c2cncc(OC)c2)C1. The monoisotopic (exact) mass is 221 g/mol. The minimum atomic E-state index is 0.559. The molecule has 0 amide bonds. The molecule has 0 radical (unpaired) electrons. The van der Waals surface area contributed by atoms with Crippen molar-refractivity contribution in [1.82, 2.24) is 15.4 Å². The molecule has 0 aliphatic carbocycles. The number of aromatic nitrogens is 1. The van der Waals surface area contributed by atoms with Crippen molar-refractivity contribution in [3.05, 3.63) is 24.0 Å². The lowest BCUT2D eigenvalue weighted by Gasteiger charge is -2.32. The van der Waals surface area contributed by atoms with E-state index in [4.69, 9.17) is 4.74 Å². The molecule has 4 nitrogen and oxygen atoms in total. The van der Waals surface area contributed by atoms with Crippen molar-refractivity contribution < 1.29 is 4.74 Å². The summed E-state index contributed by atoms with van der Waals surface area (Å²) in [5.74, 6) is 1.41. The first-order chi connectivity index (χ1) is 7.83. The van der Waals surface area contributed by atoms with Crippen molar-refractivity contribution in [3.63, 3.8) is 0 Å². The van der Waals surface area contributed by atoms with Crippen LogP contribution in [-0.4, -0.2) is 37.2 Å². The molecule has 2 heterocycles. The van der Waals surface area contributed by atoms with Crippen molar-refractivity contribution in [2.75, 3.05) is 27.2 Å². The van der Waals surface area contributed by atoms with E-state index in [0.717, 1.165) is 18.8 Å². The van der Waals surface area contributed by atoms with E-state index in [2.05, 4.69) is 21.5 Å². The third-order valence-electron chi connectivity index (χ3n) is 3.18. The number of methoxy groups -OCH3 is 1. The van der Waals surface area contributed by atoms with Crippen molar-refractivity contribution in [3.8, 4) is 5.75 Å². The van der Waals surface area contributed by atoms with Crippen molar-refractivity contribution in [2.24, 2.45) is 0 Å². The Balaban J connectivity index is 2.10.